The summed E-state index contributed by atoms with van der Waals surface area (Å²) in [6.45, 7) is 6.63. The van der Waals surface area contributed by atoms with Gasteiger partial charge >= 0.3 is 0 Å². The molecule has 0 atom stereocenters. The molecule has 20 heavy (non-hydrogen) atoms. The molecule has 3 nitrogen and oxygen atoms in total. The van der Waals surface area contributed by atoms with Gasteiger partial charge in [-0.1, -0.05) is 23.7 Å². The van der Waals surface area contributed by atoms with E-state index in [1.807, 2.05) is 32.9 Å². The number of hydrogen-bond acceptors (Lipinski definition) is 3. The number of aromatic nitrogens is 2. The molecule has 0 spiro atoms. The molecular weight excluding hydrogens is 270 g/mol. The lowest BCUT2D eigenvalue weighted by Gasteiger charge is -2.12. The van der Waals surface area contributed by atoms with Crippen molar-refractivity contribution in [2.24, 2.45) is 0 Å². The summed E-state index contributed by atoms with van der Waals surface area (Å²) in [5, 5.41) is 4.20. The fourth-order valence-electron chi connectivity index (χ4n) is 1.95. The van der Waals surface area contributed by atoms with Crippen molar-refractivity contribution in [3.8, 4) is 0 Å². The van der Waals surface area contributed by atoms with Crippen LogP contribution in [0.3, 0.4) is 0 Å². The second-order valence-corrected chi connectivity index (χ2v) is 5.16. The zero-order chi connectivity index (χ0) is 14.5. The number of nitrogens with zero attached hydrogens (tertiary/aromatic N) is 2. The Labute approximate surface area is 124 Å². The van der Waals surface area contributed by atoms with Gasteiger partial charge in [-0.3, -0.25) is 9.97 Å². The predicted octanol–water partition coefficient (Wildman–Crippen LogP) is 4.16. The molecule has 1 heterocycles. The first kappa shape index (κ1) is 14.5. The Morgan fingerprint density at radius 3 is 2.55 bits per heavy atom. The fourth-order valence-corrected chi connectivity index (χ4v) is 2.05. The van der Waals surface area contributed by atoms with Crippen LogP contribution in [-0.4, -0.2) is 9.97 Å². The topological polar surface area (TPSA) is 37.8 Å². The molecule has 0 aliphatic rings. The molecule has 2 aromatic rings. The molecule has 0 aliphatic heterocycles. The van der Waals surface area contributed by atoms with E-state index < -0.39 is 0 Å². The molecule has 0 radical (unpaired) electrons. The van der Waals surface area contributed by atoms with E-state index in [1.165, 1.54) is 0 Å². The third-order valence-corrected chi connectivity index (χ3v) is 3.51. The highest BCUT2D eigenvalue weighted by Gasteiger charge is 2.03. The first-order valence-electron chi connectivity index (χ1n) is 6.55. The van der Waals surface area contributed by atoms with Gasteiger partial charge in [0.15, 0.2) is 0 Å². The van der Waals surface area contributed by atoms with Crippen molar-refractivity contribution in [2.75, 3.05) is 0 Å². The van der Waals surface area contributed by atoms with E-state index in [-0.39, 0.29) is 0 Å². The van der Waals surface area contributed by atoms with E-state index in [1.54, 1.807) is 12.4 Å². The number of rotatable bonds is 4. The van der Waals surface area contributed by atoms with Crippen molar-refractivity contribution in [2.45, 2.75) is 27.3 Å². The minimum absolute atomic E-state index is 0.730. The monoisotopic (exact) mass is 287 g/mol. The molecule has 0 aliphatic carbocycles. The van der Waals surface area contributed by atoms with Crippen molar-refractivity contribution in [1.82, 2.24) is 15.3 Å². The summed E-state index contributed by atoms with van der Waals surface area (Å²) < 4.78 is 0. The Morgan fingerprint density at radius 2 is 1.90 bits per heavy atom. The smallest absolute Gasteiger partial charge is 0.0890 e. The molecule has 104 valence electrons. The molecule has 1 aromatic heterocycles. The number of fused-ring (bicyclic) bond motifs is 1. The van der Waals surface area contributed by atoms with Gasteiger partial charge in [-0.05, 0) is 44.0 Å². The Balaban J connectivity index is 2.15. The molecule has 0 unspecified atom stereocenters. The van der Waals surface area contributed by atoms with E-state index in [9.17, 15) is 0 Å². The summed E-state index contributed by atoms with van der Waals surface area (Å²) in [6, 6.07) is 6.10. The quantitative estimate of drug-likeness (QED) is 0.858. The summed E-state index contributed by atoms with van der Waals surface area (Å²) in [5.41, 5.74) is 5.11. The maximum absolute atomic E-state index is 6.04. The van der Waals surface area contributed by atoms with E-state index in [2.05, 4.69) is 27.4 Å². The highest BCUT2D eigenvalue weighted by atomic mass is 35.5. The van der Waals surface area contributed by atoms with Crippen LogP contribution in [0.2, 0.25) is 0 Å². The second-order valence-electron chi connectivity index (χ2n) is 4.59. The van der Waals surface area contributed by atoms with Gasteiger partial charge in [-0.2, -0.15) is 0 Å². The zero-order valence-electron chi connectivity index (χ0n) is 11.9. The van der Waals surface area contributed by atoms with Crippen molar-refractivity contribution >= 4 is 22.6 Å². The summed E-state index contributed by atoms with van der Waals surface area (Å²) in [6.07, 6.45) is 5.44. The van der Waals surface area contributed by atoms with E-state index in [0.717, 1.165) is 39.4 Å². The SMILES string of the molecule is C/C=C(NCc1ccc2nccnc2c1)\C(C)=C(/C)Cl. The first-order valence-corrected chi connectivity index (χ1v) is 6.93. The van der Waals surface area contributed by atoms with Crippen molar-refractivity contribution in [3.63, 3.8) is 0 Å². The number of nitrogens with one attached hydrogen (secondary N) is 1. The Morgan fingerprint density at radius 1 is 1.20 bits per heavy atom. The molecule has 0 saturated carbocycles. The maximum Gasteiger partial charge on any atom is 0.0890 e. The lowest BCUT2D eigenvalue weighted by Crippen LogP contribution is -2.14. The van der Waals surface area contributed by atoms with Crippen LogP contribution >= 0.6 is 11.6 Å². The van der Waals surface area contributed by atoms with Crippen LogP contribution in [0.25, 0.3) is 11.0 Å². The molecule has 0 saturated heterocycles. The third-order valence-electron chi connectivity index (χ3n) is 3.23. The molecule has 0 bridgehead atoms. The van der Waals surface area contributed by atoms with Crippen LogP contribution in [0, 0.1) is 0 Å². The van der Waals surface area contributed by atoms with Crippen LogP contribution < -0.4 is 5.32 Å². The lowest BCUT2D eigenvalue weighted by molar-refractivity contribution is 0.816. The average molecular weight is 288 g/mol. The second kappa shape index (κ2) is 6.53. The molecular formula is C16H18ClN3. The van der Waals surface area contributed by atoms with Gasteiger partial charge in [0.25, 0.3) is 0 Å². The molecule has 4 heteroatoms. The largest absolute Gasteiger partial charge is 0.381 e. The van der Waals surface area contributed by atoms with E-state index >= 15 is 0 Å². The van der Waals surface area contributed by atoms with Gasteiger partial charge in [0.2, 0.25) is 0 Å². The van der Waals surface area contributed by atoms with Crippen molar-refractivity contribution in [1.29, 1.82) is 0 Å². The van der Waals surface area contributed by atoms with Crippen molar-refractivity contribution < 1.29 is 0 Å². The summed E-state index contributed by atoms with van der Waals surface area (Å²) in [4.78, 5) is 8.58. The van der Waals surface area contributed by atoms with Crippen LogP contribution in [0.15, 0.2) is 53.0 Å². The molecule has 1 aromatic carbocycles. The molecule has 0 amide bonds. The number of allylic oxidation sites excluding steroid dienone is 3. The lowest BCUT2D eigenvalue weighted by atomic mass is 10.1. The molecule has 1 N–H and O–H groups in total. The van der Waals surface area contributed by atoms with Gasteiger partial charge in [-0.25, -0.2) is 0 Å². The standard InChI is InChI=1S/C16H18ClN3/c1-4-14(11(2)12(3)17)20-10-13-5-6-15-16(9-13)19-8-7-18-15/h4-9,20H,10H2,1-3H3/b12-11+,14-4+. The minimum Gasteiger partial charge on any atom is -0.381 e. The molecule has 2 rings (SSSR count). The maximum atomic E-state index is 6.04. The highest BCUT2D eigenvalue weighted by Crippen LogP contribution is 2.16. The highest BCUT2D eigenvalue weighted by molar-refractivity contribution is 6.29. The van der Waals surface area contributed by atoms with Crippen LogP contribution in [0.5, 0.6) is 0 Å². The van der Waals surface area contributed by atoms with Crippen LogP contribution in [0.1, 0.15) is 26.3 Å². The summed E-state index contributed by atoms with van der Waals surface area (Å²) >= 11 is 6.04. The summed E-state index contributed by atoms with van der Waals surface area (Å²) in [7, 11) is 0. The van der Waals surface area contributed by atoms with Gasteiger partial charge in [-0.15, -0.1) is 0 Å². The number of benzene rings is 1. The predicted molar refractivity (Wildman–Crippen MR) is 84.4 cm³/mol. The van der Waals surface area contributed by atoms with Gasteiger partial charge in [0, 0.05) is 29.7 Å². The Bertz CT molecular complexity index is 670. The number of halogens is 1. The average Bonchev–Trinajstić information content (AvgIpc) is 2.47. The van der Waals surface area contributed by atoms with Crippen LogP contribution in [0.4, 0.5) is 0 Å². The normalized spacial score (nSPS) is 13.3. The van der Waals surface area contributed by atoms with Gasteiger partial charge in [0.1, 0.15) is 0 Å². The van der Waals surface area contributed by atoms with E-state index in [0.29, 0.717) is 0 Å². The first-order chi connectivity index (χ1) is 9.61. The van der Waals surface area contributed by atoms with Crippen molar-refractivity contribution in [3.05, 3.63) is 58.5 Å². The zero-order valence-corrected chi connectivity index (χ0v) is 12.7. The van der Waals surface area contributed by atoms with E-state index in [4.69, 9.17) is 11.6 Å². The Kier molecular flexibility index (Phi) is 4.74. The summed E-state index contributed by atoms with van der Waals surface area (Å²) in [5.74, 6) is 0. The minimum atomic E-state index is 0.730. The number of hydrogen-bond donors (Lipinski definition) is 1. The van der Waals surface area contributed by atoms with Gasteiger partial charge < -0.3 is 5.32 Å². The third kappa shape index (κ3) is 3.36. The van der Waals surface area contributed by atoms with Crippen LogP contribution in [-0.2, 0) is 6.54 Å². The Hall–Kier alpha value is -1.87. The fraction of sp³-hybridized carbons (Fsp3) is 0.250. The van der Waals surface area contributed by atoms with Gasteiger partial charge in [0.05, 0.1) is 11.0 Å². The molecule has 0 fully saturated rings.